The topological polar surface area (TPSA) is 101 Å². The summed E-state index contributed by atoms with van der Waals surface area (Å²) in [5, 5.41) is 0. The number of allylic oxidation sites excluding steroid dienone is 6. The Morgan fingerprint density at radius 3 is 1.57 bits per heavy atom. The number of halogens is 2. The maximum Gasteiger partial charge on any atom is 0.339 e. The maximum atomic E-state index is 14.0. The average molecular weight is 763 g/mol. The van der Waals surface area contributed by atoms with Gasteiger partial charge in [0.25, 0.3) is 0 Å². The number of rotatable bonds is 7. The molecule has 2 aromatic rings. The van der Waals surface area contributed by atoms with E-state index in [9.17, 15) is 21.4 Å². The molecule has 0 spiro atoms. The van der Waals surface area contributed by atoms with Gasteiger partial charge in [0.05, 0.1) is 4.90 Å². The number of hydrogen-bond donors (Lipinski definition) is 0. The summed E-state index contributed by atoms with van der Waals surface area (Å²) in [6, 6.07) is 6.65. The van der Waals surface area contributed by atoms with Crippen molar-refractivity contribution >= 4 is 65.4 Å². The smallest absolute Gasteiger partial charge is 0.339 e. The monoisotopic (exact) mass is 763 g/mol. The number of hydrogen-bond acceptors (Lipinski definition) is 6. The molecule has 0 heterocycles. The molecule has 5 rings (SSSR count). The Labute approximate surface area is 245 Å². The highest BCUT2D eigenvalue weighted by Gasteiger charge is 2.33. The molecule has 0 bridgehead atoms. The quantitative estimate of drug-likeness (QED) is 0.132. The summed E-state index contributed by atoms with van der Waals surface area (Å²) in [4.78, 5) is -0.169. The Morgan fingerprint density at radius 2 is 1.16 bits per heavy atom. The molecule has 0 saturated heterocycles. The van der Waals surface area contributed by atoms with E-state index >= 15 is 0 Å². The molecule has 196 valence electrons. The van der Waals surface area contributed by atoms with Gasteiger partial charge in [-0.25, -0.2) is 8.42 Å². The fourth-order valence-corrected chi connectivity index (χ4v) is 10.8. The van der Waals surface area contributed by atoms with Gasteiger partial charge in [0, 0.05) is 24.9 Å². The van der Waals surface area contributed by atoms with E-state index in [1.54, 1.807) is 45.2 Å². The summed E-state index contributed by atoms with van der Waals surface area (Å²) >= 11 is 3.44. The van der Waals surface area contributed by atoms with Gasteiger partial charge in [-0.2, -0.15) is 8.42 Å². The third kappa shape index (κ3) is 5.73. The van der Waals surface area contributed by atoms with Gasteiger partial charge in [-0.3, -0.25) is 0 Å². The highest BCUT2D eigenvalue weighted by molar-refractivity contribution is 14.1. The van der Waals surface area contributed by atoms with Crippen molar-refractivity contribution in [3.8, 4) is 5.75 Å². The SMILES string of the molecule is O=S(=O)([O-])c1c(I)cc(OS(=O)(=O)c2c(C3C=CCC3)cc(C3C=CCC3)cc2C2C=CCC2)cc1I. The molecule has 10 heteroatoms. The molecule has 3 unspecified atom stereocenters. The van der Waals surface area contributed by atoms with E-state index < -0.39 is 20.2 Å². The van der Waals surface area contributed by atoms with Gasteiger partial charge < -0.3 is 8.74 Å². The molecule has 2 aromatic carbocycles. The van der Waals surface area contributed by atoms with Crippen LogP contribution in [-0.4, -0.2) is 21.4 Å². The first-order valence-electron chi connectivity index (χ1n) is 12.1. The summed E-state index contributed by atoms with van der Waals surface area (Å²) in [5.74, 6) is 0.174. The molecular formula is C27H25I2O6S2-. The lowest BCUT2D eigenvalue weighted by molar-refractivity contribution is 0.461. The molecule has 0 aliphatic heterocycles. The van der Waals surface area contributed by atoms with Crippen LogP contribution in [0.25, 0.3) is 0 Å². The highest BCUT2D eigenvalue weighted by Crippen LogP contribution is 2.44. The second-order valence-corrected chi connectivity index (χ2v) is 14.7. The zero-order chi connectivity index (χ0) is 26.4. The number of benzene rings is 2. The van der Waals surface area contributed by atoms with Crippen LogP contribution in [0.1, 0.15) is 73.0 Å². The van der Waals surface area contributed by atoms with Crippen molar-refractivity contribution in [2.45, 2.75) is 66.1 Å². The van der Waals surface area contributed by atoms with Crippen molar-refractivity contribution < 1.29 is 25.6 Å². The van der Waals surface area contributed by atoms with E-state index in [-0.39, 0.29) is 40.4 Å². The minimum Gasteiger partial charge on any atom is -0.744 e. The summed E-state index contributed by atoms with van der Waals surface area (Å²) in [6.07, 6.45) is 18.2. The van der Waals surface area contributed by atoms with Crippen LogP contribution in [0.3, 0.4) is 0 Å². The maximum absolute atomic E-state index is 14.0. The van der Waals surface area contributed by atoms with Crippen molar-refractivity contribution in [3.05, 3.63) is 84.6 Å². The van der Waals surface area contributed by atoms with E-state index in [0.717, 1.165) is 55.2 Å². The first kappa shape index (κ1) is 27.4. The Morgan fingerprint density at radius 1 is 0.703 bits per heavy atom. The van der Waals surface area contributed by atoms with E-state index in [2.05, 4.69) is 36.5 Å². The Kier molecular flexibility index (Phi) is 7.94. The molecule has 0 N–H and O–H groups in total. The standard InChI is InChI=1S/C27H26I2O6S2/c28-24-15-21(16-25(29)27(24)36(30,31)32)35-37(33,34)26-22(18-9-3-4-10-18)13-20(17-7-1-2-8-17)14-23(26)19-11-5-6-12-19/h1,3,5,7,9,11,13-19H,2,4,6,8,10,12H2,(H,30,31,32)/p-1. The van der Waals surface area contributed by atoms with Gasteiger partial charge in [-0.05, 0) is 113 Å². The van der Waals surface area contributed by atoms with Crippen LogP contribution in [0.2, 0.25) is 0 Å². The summed E-state index contributed by atoms with van der Waals surface area (Å²) in [7, 11) is -9.01. The molecule has 0 radical (unpaired) electrons. The first-order chi connectivity index (χ1) is 17.5. The third-order valence-electron chi connectivity index (χ3n) is 7.11. The predicted octanol–water partition coefficient (Wildman–Crippen LogP) is 6.87. The van der Waals surface area contributed by atoms with Crippen LogP contribution in [0.5, 0.6) is 5.75 Å². The fourth-order valence-electron chi connectivity index (χ4n) is 5.44. The molecule has 0 aromatic heterocycles. The Bertz CT molecular complexity index is 1470. The lowest BCUT2D eigenvalue weighted by atomic mass is 9.86. The molecule has 3 atom stereocenters. The summed E-state index contributed by atoms with van der Waals surface area (Å²) < 4.78 is 69.0. The zero-order valence-corrected chi connectivity index (χ0v) is 25.7. The fraction of sp³-hybridized carbons (Fsp3) is 0.333. The molecule has 3 aliphatic rings. The van der Waals surface area contributed by atoms with Crippen molar-refractivity contribution in [1.29, 1.82) is 0 Å². The Balaban J connectivity index is 1.66. The third-order valence-corrected chi connectivity index (χ3v) is 11.9. The van der Waals surface area contributed by atoms with Gasteiger partial charge >= 0.3 is 10.1 Å². The highest BCUT2D eigenvalue weighted by atomic mass is 127. The van der Waals surface area contributed by atoms with Crippen LogP contribution in [0.4, 0.5) is 0 Å². The molecule has 3 aliphatic carbocycles. The van der Waals surface area contributed by atoms with Crippen LogP contribution < -0.4 is 4.18 Å². The minimum absolute atomic E-state index is 0.0233. The summed E-state index contributed by atoms with van der Waals surface area (Å²) in [5.41, 5.74) is 2.64. The molecule has 37 heavy (non-hydrogen) atoms. The van der Waals surface area contributed by atoms with E-state index in [4.69, 9.17) is 4.18 Å². The van der Waals surface area contributed by atoms with Gasteiger partial charge in [0.15, 0.2) is 0 Å². The van der Waals surface area contributed by atoms with Crippen LogP contribution in [0.15, 0.2) is 70.5 Å². The van der Waals surface area contributed by atoms with Gasteiger partial charge in [0.2, 0.25) is 0 Å². The van der Waals surface area contributed by atoms with Crippen LogP contribution >= 0.6 is 45.2 Å². The first-order valence-corrected chi connectivity index (χ1v) is 17.1. The van der Waals surface area contributed by atoms with Gasteiger partial charge in [0.1, 0.15) is 20.8 Å². The minimum atomic E-state index is -4.72. The zero-order valence-electron chi connectivity index (χ0n) is 19.8. The van der Waals surface area contributed by atoms with Crippen molar-refractivity contribution in [1.82, 2.24) is 0 Å². The molecule has 6 nitrogen and oxygen atoms in total. The van der Waals surface area contributed by atoms with E-state index in [1.165, 1.54) is 12.1 Å². The molecule has 0 fully saturated rings. The van der Waals surface area contributed by atoms with E-state index in [0.29, 0.717) is 0 Å². The molecular weight excluding hydrogens is 738 g/mol. The van der Waals surface area contributed by atoms with Gasteiger partial charge in [-0.15, -0.1) is 0 Å². The lowest BCUT2D eigenvalue weighted by Crippen LogP contribution is -2.18. The molecule has 0 saturated carbocycles. The van der Waals surface area contributed by atoms with E-state index in [1.807, 2.05) is 12.1 Å². The van der Waals surface area contributed by atoms with Crippen molar-refractivity contribution in [2.75, 3.05) is 0 Å². The summed E-state index contributed by atoms with van der Waals surface area (Å²) in [6.45, 7) is 0. The van der Waals surface area contributed by atoms with Crippen molar-refractivity contribution in [2.24, 2.45) is 0 Å². The van der Waals surface area contributed by atoms with Crippen molar-refractivity contribution in [3.63, 3.8) is 0 Å². The van der Waals surface area contributed by atoms with Gasteiger partial charge in [-0.1, -0.05) is 48.6 Å². The second kappa shape index (κ2) is 10.7. The lowest BCUT2D eigenvalue weighted by Gasteiger charge is -2.24. The van der Waals surface area contributed by atoms with Crippen LogP contribution in [-0.2, 0) is 20.2 Å². The second-order valence-electron chi connectivity index (χ2n) is 9.57. The predicted molar refractivity (Wildman–Crippen MR) is 157 cm³/mol. The largest absolute Gasteiger partial charge is 0.744 e. The van der Waals surface area contributed by atoms with Crippen LogP contribution in [0, 0.1) is 7.14 Å². The molecule has 0 amide bonds. The average Bonchev–Trinajstić information content (AvgIpc) is 3.60. The Hall–Kier alpha value is -1.22. The normalized spacial score (nSPS) is 23.3.